The van der Waals surface area contributed by atoms with E-state index in [1.165, 1.54) is 4.90 Å². The van der Waals surface area contributed by atoms with E-state index in [1.807, 2.05) is 18.2 Å². The number of imide groups is 1. The summed E-state index contributed by atoms with van der Waals surface area (Å²) in [5, 5.41) is 0. The molecular formula is C20H26N2O2. The van der Waals surface area contributed by atoms with Gasteiger partial charge in [0.1, 0.15) is 0 Å². The number of fused-ring (bicyclic) bond motifs is 1. The summed E-state index contributed by atoms with van der Waals surface area (Å²) >= 11 is 0. The third kappa shape index (κ3) is 2.49. The zero-order chi connectivity index (χ0) is 17.7. The van der Waals surface area contributed by atoms with Crippen LogP contribution in [0.5, 0.6) is 0 Å². The van der Waals surface area contributed by atoms with Gasteiger partial charge in [-0.25, -0.2) is 0 Å². The molecule has 3 rings (SSSR count). The Morgan fingerprint density at radius 3 is 1.92 bits per heavy atom. The van der Waals surface area contributed by atoms with E-state index >= 15 is 0 Å². The predicted molar refractivity (Wildman–Crippen MR) is 95.0 cm³/mol. The van der Waals surface area contributed by atoms with Crippen LogP contribution in [0.1, 0.15) is 61.3 Å². The topological polar surface area (TPSA) is 40.6 Å². The maximum Gasteiger partial charge on any atom is 0.261 e. The summed E-state index contributed by atoms with van der Waals surface area (Å²) < 4.78 is 0. The third-order valence-electron chi connectivity index (χ3n) is 5.43. The average molecular weight is 326 g/mol. The van der Waals surface area contributed by atoms with Crippen LogP contribution in [-0.2, 0) is 0 Å². The van der Waals surface area contributed by atoms with E-state index in [-0.39, 0.29) is 28.9 Å². The number of benzene rings is 1. The summed E-state index contributed by atoms with van der Waals surface area (Å²) in [6.07, 6.45) is 3.47. The van der Waals surface area contributed by atoms with Crippen molar-refractivity contribution in [3.8, 4) is 0 Å². The molecule has 0 radical (unpaired) electrons. The van der Waals surface area contributed by atoms with E-state index in [9.17, 15) is 9.59 Å². The molecular weight excluding hydrogens is 300 g/mol. The van der Waals surface area contributed by atoms with Crippen molar-refractivity contribution in [1.29, 1.82) is 0 Å². The summed E-state index contributed by atoms with van der Waals surface area (Å²) in [5.41, 5.74) is 0.838. The quantitative estimate of drug-likeness (QED) is 0.630. The number of hydrogen-bond acceptors (Lipinski definition) is 3. The van der Waals surface area contributed by atoms with Crippen molar-refractivity contribution in [3.63, 3.8) is 0 Å². The van der Waals surface area contributed by atoms with Crippen LogP contribution in [0.15, 0.2) is 36.9 Å². The predicted octanol–water partition coefficient (Wildman–Crippen LogP) is 3.49. The van der Waals surface area contributed by atoms with Gasteiger partial charge < -0.3 is 0 Å². The Balaban J connectivity index is 1.94. The summed E-state index contributed by atoms with van der Waals surface area (Å²) in [7, 11) is 0. The van der Waals surface area contributed by atoms with Gasteiger partial charge in [0.2, 0.25) is 0 Å². The number of amides is 2. The largest absolute Gasteiger partial charge is 0.289 e. The molecule has 0 bridgehead atoms. The molecule has 0 saturated carbocycles. The number of piperidine rings is 1. The molecule has 4 heteroatoms. The van der Waals surface area contributed by atoms with Gasteiger partial charge in [-0.15, -0.1) is 6.58 Å². The fourth-order valence-electron chi connectivity index (χ4n) is 4.61. The SMILES string of the molecule is C=CCN1C(C)(C)CC(N2C(=O)c3ccccc3C2=O)CC1(C)C. The van der Waals surface area contributed by atoms with E-state index in [4.69, 9.17) is 0 Å². The molecule has 0 aromatic heterocycles. The van der Waals surface area contributed by atoms with Gasteiger partial charge in [-0.3, -0.25) is 19.4 Å². The van der Waals surface area contributed by atoms with Crippen LogP contribution in [0.25, 0.3) is 0 Å². The maximum absolute atomic E-state index is 12.8. The Labute approximate surface area is 144 Å². The zero-order valence-electron chi connectivity index (χ0n) is 15.0. The minimum Gasteiger partial charge on any atom is -0.289 e. The number of nitrogens with zero attached hydrogens (tertiary/aromatic N) is 2. The lowest BCUT2D eigenvalue weighted by Gasteiger charge is -2.56. The van der Waals surface area contributed by atoms with Crippen molar-refractivity contribution in [3.05, 3.63) is 48.0 Å². The smallest absolute Gasteiger partial charge is 0.261 e. The van der Waals surface area contributed by atoms with Gasteiger partial charge in [0.15, 0.2) is 0 Å². The molecule has 2 aliphatic rings. The van der Waals surface area contributed by atoms with Crippen LogP contribution in [0.3, 0.4) is 0 Å². The summed E-state index contributed by atoms with van der Waals surface area (Å²) in [6.45, 7) is 13.4. The first kappa shape index (κ1) is 16.9. The lowest BCUT2D eigenvalue weighted by Crippen LogP contribution is -2.64. The molecule has 0 aliphatic carbocycles. The summed E-state index contributed by atoms with van der Waals surface area (Å²) in [4.78, 5) is 29.5. The number of likely N-dealkylation sites (tertiary alicyclic amines) is 1. The van der Waals surface area contributed by atoms with E-state index in [0.717, 1.165) is 19.4 Å². The molecule has 2 heterocycles. The highest BCUT2D eigenvalue weighted by atomic mass is 16.2. The Kier molecular flexibility index (Phi) is 3.91. The van der Waals surface area contributed by atoms with Gasteiger partial charge >= 0.3 is 0 Å². The summed E-state index contributed by atoms with van der Waals surface area (Å²) in [6, 6.07) is 7.04. The minimum absolute atomic E-state index is 0.0801. The van der Waals surface area contributed by atoms with Crippen LogP contribution in [0.2, 0.25) is 0 Å². The molecule has 0 unspecified atom stereocenters. The first-order chi connectivity index (χ1) is 11.2. The Hall–Kier alpha value is -1.94. The lowest BCUT2D eigenvalue weighted by molar-refractivity contribution is -0.0469. The van der Waals surface area contributed by atoms with E-state index in [0.29, 0.717) is 11.1 Å². The van der Waals surface area contributed by atoms with Gasteiger partial charge in [-0.05, 0) is 52.7 Å². The van der Waals surface area contributed by atoms with Crippen LogP contribution >= 0.6 is 0 Å². The van der Waals surface area contributed by atoms with Crippen molar-refractivity contribution in [2.45, 2.75) is 57.7 Å². The van der Waals surface area contributed by atoms with Gasteiger partial charge in [0, 0.05) is 23.7 Å². The first-order valence-corrected chi connectivity index (χ1v) is 8.54. The molecule has 1 fully saturated rings. The number of carbonyl (C=O) groups excluding carboxylic acids is 2. The molecule has 0 N–H and O–H groups in total. The number of hydrogen-bond donors (Lipinski definition) is 0. The van der Waals surface area contributed by atoms with Crippen molar-refractivity contribution < 1.29 is 9.59 Å². The molecule has 0 atom stereocenters. The Bertz CT molecular complexity index is 652. The second kappa shape index (κ2) is 5.55. The third-order valence-corrected chi connectivity index (χ3v) is 5.43. The lowest BCUT2D eigenvalue weighted by atomic mass is 9.76. The molecule has 128 valence electrons. The van der Waals surface area contributed by atoms with Crippen molar-refractivity contribution in [1.82, 2.24) is 9.80 Å². The average Bonchev–Trinajstić information content (AvgIpc) is 2.74. The number of rotatable bonds is 3. The van der Waals surface area contributed by atoms with Crippen molar-refractivity contribution in [2.24, 2.45) is 0 Å². The van der Waals surface area contributed by atoms with Gasteiger partial charge in [0.25, 0.3) is 11.8 Å². The molecule has 4 nitrogen and oxygen atoms in total. The van der Waals surface area contributed by atoms with Gasteiger partial charge in [-0.2, -0.15) is 0 Å². The Morgan fingerprint density at radius 1 is 1.04 bits per heavy atom. The van der Waals surface area contributed by atoms with E-state index < -0.39 is 0 Å². The maximum atomic E-state index is 12.8. The van der Waals surface area contributed by atoms with E-state index in [1.54, 1.807) is 12.1 Å². The number of carbonyl (C=O) groups is 2. The molecule has 24 heavy (non-hydrogen) atoms. The van der Waals surface area contributed by atoms with E-state index in [2.05, 4.69) is 39.2 Å². The normalized spacial score (nSPS) is 23.4. The van der Waals surface area contributed by atoms with Gasteiger partial charge in [0.05, 0.1) is 11.1 Å². The van der Waals surface area contributed by atoms with Crippen molar-refractivity contribution >= 4 is 11.8 Å². The zero-order valence-corrected chi connectivity index (χ0v) is 15.0. The Morgan fingerprint density at radius 2 is 1.50 bits per heavy atom. The highest BCUT2D eigenvalue weighted by Gasteiger charge is 2.50. The standard InChI is InChI=1S/C20H26N2O2/c1-6-11-21-19(2,3)12-14(13-20(21,4)5)22-17(23)15-9-7-8-10-16(15)18(22)24/h6-10,14H,1,11-13H2,2-5H3. The van der Waals surface area contributed by atoms with Crippen LogP contribution in [-0.4, -0.2) is 45.3 Å². The second-order valence-electron chi connectivity index (χ2n) is 8.11. The second-order valence-corrected chi connectivity index (χ2v) is 8.11. The molecule has 2 amide bonds. The van der Waals surface area contributed by atoms with Crippen LogP contribution in [0.4, 0.5) is 0 Å². The highest BCUT2D eigenvalue weighted by molar-refractivity contribution is 6.21. The van der Waals surface area contributed by atoms with Gasteiger partial charge in [-0.1, -0.05) is 18.2 Å². The fourth-order valence-corrected chi connectivity index (χ4v) is 4.61. The van der Waals surface area contributed by atoms with Crippen LogP contribution in [0, 0.1) is 0 Å². The first-order valence-electron chi connectivity index (χ1n) is 8.54. The molecule has 2 aliphatic heterocycles. The molecule has 1 aromatic carbocycles. The molecule has 1 saturated heterocycles. The highest BCUT2D eigenvalue weighted by Crippen LogP contribution is 2.41. The minimum atomic E-state index is -0.149. The molecule has 1 aromatic rings. The van der Waals surface area contributed by atoms with Crippen molar-refractivity contribution in [2.75, 3.05) is 6.54 Å². The van der Waals surface area contributed by atoms with Crippen LogP contribution < -0.4 is 0 Å². The monoisotopic (exact) mass is 326 g/mol. The summed E-state index contributed by atoms with van der Waals surface area (Å²) in [5.74, 6) is -0.297. The fraction of sp³-hybridized carbons (Fsp3) is 0.500. The molecule has 0 spiro atoms.